The highest BCUT2D eigenvalue weighted by atomic mass is 14.7. The van der Waals surface area contributed by atoms with Crippen LogP contribution in [-0.4, -0.2) is 9.97 Å². The van der Waals surface area contributed by atoms with Crippen molar-refractivity contribution in [1.82, 2.24) is 9.97 Å². The molecule has 2 heteroatoms. The third-order valence-corrected chi connectivity index (χ3v) is 7.86. The van der Waals surface area contributed by atoms with Crippen LogP contribution in [0.15, 0.2) is 127 Å². The Kier molecular flexibility index (Phi) is 4.32. The van der Waals surface area contributed by atoms with Gasteiger partial charge in [-0.05, 0) is 63.9 Å². The Labute approximate surface area is 214 Å². The van der Waals surface area contributed by atoms with Gasteiger partial charge in [0.15, 0.2) is 0 Å². The highest BCUT2D eigenvalue weighted by molar-refractivity contribution is 6.08. The van der Waals surface area contributed by atoms with Gasteiger partial charge in [-0.2, -0.15) is 0 Å². The maximum Gasteiger partial charge on any atom is 0.0465 e. The second-order valence-electron chi connectivity index (χ2n) is 9.95. The molecule has 6 aromatic carbocycles. The van der Waals surface area contributed by atoms with E-state index in [-0.39, 0.29) is 5.92 Å². The number of H-pyrrole nitrogens is 2. The highest BCUT2D eigenvalue weighted by Gasteiger charge is 2.21. The quantitative estimate of drug-likeness (QED) is 0.240. The molecule has 0 fully saturated rings. The SMILES string of the molecule is c1ccc2c(C(c3ccc4[nH]c5ccccc5c4c3)c3ccc4[nH]c5ccccc5c4c3)cccc2c1. The second kappa shape index (κ2) is 7.84. The zero-order valence-electron chi connectivity index (χ0n) is 20.2. The number of fused-ring (bicyclic) bond motifs is 7. The summed E-state index contributed by atoms with van der Waals surface area (Å²) in [6.07, 6.45) is 0. The van der Waals surface area contributed by atoms with E-state index in [1.54, 1.807) is 0 Å². The summed E-state index contributed by atoms with van der Waals surface area (Å²) in [4.78, 5) is 7.18. The molecule has 0 aliphatic heterocycles. The predicted molar refractivity (Wildman–Crippen MR) is 157 cm³/mol. The van der Waals surface area contributed by atoms with Crippen LogP contribution in [0.3, 0.4) is 0 Å². The van der Waals surface area contributed by atoms with E-state index in [1.165, 1.54) is 71.1 Å². The van der Waals surface area contributed by atoms with Crippen molar-refractivity contribution in [2.45, 2.75) is 5.92 Å². The fraction of sp³-hybridized carbons (Fsp3) is 0.0286. The molecule has 2 N–H and O–H groups in total. The summed E-state index contributed by atoms with van der Waals surface area (Å²) >= 11 is 0. The van der Waals surface area contributed by atoms with Crippen molar-refractivity contribution in [1.29, 1.82) is 0 Å². The van der Waals surface area contributed by atoms with Gasteiger partial charge < -0.3 is 9.97 Å². The zero-order valence-corrected chi connectivity index (χ0v) is 20.2. The van der Waals surface area contributed by atoms with Gasteiger partial charge in [-0.3, -0.25) is 0 Å². The van der Waals surface area contributed by atoms with Gasteiger partial charge >= 0.3 is 0 Å². The summed E-state index contributed by atoms with van der Waals surface area (Å²) in [6.45, 7) is 0. The van der Waals surface area contributed by atoms with E-state index in [9.17, 15) is 0 Å². The van der Waals surface area contributed by atoms with E-state index in [1.807, 2.05) is 0 Å². The summed E-state index contributed by atoms with van der Waals surface area (Å²) < 4.78 is 0. The molecular formula is C35H24N2. The number of hydrogen-bond donors (Lipinski definition) is 2. The van der Waals surface area contributed by atoms with Gasteiger partial charge in [0.1, 0.15) is 0 Å². The van der Waals surface area contributed by atoms with Gasteiger partial charge in [-0.1, -0.05) is 91.0 Å². The molecule has 0 saturated carbocycles. The van der Waals surface area contributed by atoms with Crippen molar-refractivity contribution in [2.75, 3.05) is 0 Å². The average Bonchev–Trinajstić information content (AvgIpc) is 3.51. The summed E-state index contributed by atoms with van der Waals surface area (Å²) in [6, 6.07) is 46.4. The van der Waals surface area contributed by atoms with E-state index >= 15 is 0 Å². The Morgan fingerprint density at radius 2 is 0.865 bits per heavy atom. The lowest BCUT2D eigenvalue weighted by Crippen LogP contribution is -2.04. The summed E-state index contributed by atoms with van der Waals surface area (Å²) in [5.74, 6) is 0.0993. The van der Waals surface area contributed by atoms with Crippen molar-refractivity contribution >= 4 is 54.4 Å². The Morgan fingerprint density at radius 3 is 1.49 bits per heavy atom. The van der Waals surface area contributed by atoms with E-state index < -0.39 is 0 Å². The molecule has 0 saturated heterocycles. The predicted octanol–water partition coefficient (Wildman–Crippen LogP) is 9.29. The van der Waals surface area contributed by atoms with Crippen LogP contribution in [0.25, 0.3) is 54.4 Å². The van der Waals surface area contributed by atoms with Gasteiger partial charge in [-0.25, -0.2) is 0 Å². The van der Waals surface area contributed by atoms with Crippen molar-refractivity contribution < 1.29 is 0 Å². The maximum absolute atomic E-state index is 3.59. The molecule has 2 heterocycles. The van der Waals surface area contributed by atoms with Gasteiger partial charge in [0.25, 0.3) is 0 Å². The molecular weight excluding hydrogens is 448 g/mol. The Morgan fingerprint density at radius 1 is 0.378 bits per heavy atom. The number of rotatable bonds is 3. The number of benzene rings is 6. The minimum Gasteiger partial charge on any atom is -0.355 e. The molecule has 0 bridgehead atoms. The average molecular weight is 473 g/mol. The standard InChI is InChI=1S/C35H24N2/c1-2-10-25-22(8-1)9-7-13-28(25)35(23-16-18-33-29(20-23)26-11-3-5-14-31(26)36-33)24-17-19-34-30(21-24)27-12-4-6-15-32(27)37-34/h1-21,35-37H. The number of para-hydroxylation sites is 2. The number of nitrogens with one attached hydrogen (secondary N) is 2. The smallest absolute Gasteiger partial charge is 0.0465 e. The maximum atomic E-state index is 3.59. The highest BCUT2D eigenvalue weighted by Crippen LogP contribution is 2.40. The lowest BCUT2D eigenvalue weighted by Gasteiger charge is -2.21. The van der Waals surface area contributed by atoms with Gasteiger partial charge in [0.2, 0.25) is 0 Å². The molecule has 2 nitrogen and oxygen atoms in total. The van der Waals surface area contributed by atoms with Crippen molar-refractivity contribution in [2.24, 2.45) is 0 Å². The molecule has 0 amide bonds. The molecule has 2 aromatic heterocycles. The number of aromatic amines is 2. The van der Waals surface area contributed by atoms with Crippen LogP contribution < -0.4 is 0 Å². The van der Waals surface area contributed by atoms with Crippen molar-refractivity contribution in [3.63, 3.8) is 0 Å². The number of aromatic nitrogens is 2. The van der Waals surface area contributed by atoms with Crippen molar-refractivity contribution in [3.8, 4) is 0 Å². The lowest BCUT2D eigenvalue weighted by molar-refractivity contribution is 0.995. The third kappa shape index (κ3) is 3.12. The third-order valence-electron chi connectivity index (χ3n) is 7.86. The normalized spacial score (nSPS) is 12.0. The van der Waals surface area contributed by atoms with E-state index in [2.05, 4.69) is 137 Å². The van der Waals surface area contributed by atoms with Crippen LogP contribution in [0.2, 0.25) is 0 Å². The minimum atomic E-state index is 0.0993. The second-order valence-corrected chi connectivity index (χ2v) is 9.95. The van der Waals surface area contributed by atoms with Crippen molar-refractivity contribution in [3.05, 3.63) is 144 Å². The van der Waals surface area contributed by atoms with Crippen LogP contribution in [0.1, 0.15) is 22.6 Å². The van der Waals surface area contributed by atoms with Crippen LogP contribution in [0.4, 0.5) is 0 Å². The van der Waals surface area contributed by atoms with Crippen LogP contribution >= 0.6 is 0 Å². The molecule has 8 rings (SSSR count). The molecule has 8 aromatic rings. The molecule has 0 spiro atoms. The Bertz CT molecular complexity index is 1990. The topological polar surface area (TPSA) is 31.6 Å². The van der Waals surface area contributed by atoms with Gasteiger partial charge in [0, 0.05) is 49.5 Å². The molecule has 0 radical (unpaired) electrons. The summed E-state index contributed by atoms with van der Waals surface area (Å²) in [5.41, 5.74) is 8.63. The first kappa shape index (κ1) is 20.4. The first-order chi connectivity index (χ1) is 18.3. The van der Waals surface area contributed by atoms with Gasteiger partial charge in [-0.15, -0.1) is 0 Å². The summed E-state index contributed by atoms with van der Waals surface area (Å²) in [5, 5.41) is 7.64. The minimum absolute atomic E-state index is 0.0993. The fourth-order valence-corrected chi connectivity index (χ4v) is 6.14. The van der Waals surface area contributed by atoms with E-state index in [0.29, 0.717) is 0 Å². The first-order valence-electron chi connectivity index (χ1n) is 12.8. The molecule has 0 unspecified atom stereocenters. The largest absolute Gasteiger partial charge is 0.355 e. The molecule has 174 valence electrons. The Balaban J connectivity index is 1.43. The number of hydrogen-bond acceptors (Lipinski definition) is 0. The fourth-order valence-electron chi connectivity index (χ4n) is 6.14. The monoisotopic (exact) mass is 472 g/mol. The van der Waals surface area contributed by atoms with E-state index in [0.717, 1.165) is 0 Å². The molecule has 0 aliphatic carbocycles. The van der Waals surface area contributed by atoms with Gasteiger partial charge in [0.05, 0.1) is 0 Å². The van der Waals surface area contributed by atoms with Crippen LogP contribution in [0, 0.1) is 0 Å². The summed E-state index contributed by atoms with van der Waals surface area (Å²) in [7, 11) is 0. The molecule has 0 atom stereocenters. The molecule has 37 heavy (non-hydrogen) atoms. The zero-order chi connectivity index (χ0) is 24.3. The van der Waals surface area contributed by atoms with Crippen LogP contribution in [0.5, 0.6) is 0 Å². The Hall–Kier alpha value is -4.82. The first-order valence-corrected chi connectivity index (χ1v) is 12.8. The molecule has 0 aliphatic rings. The van der Waals surface area contributed by atoms with Crippen LogP contribution in [-0.2, 0) is 0 Å². The van der Waals surface area contributed by atoms with E-state index in [4.69, 9.17) is 0 Å². The lowest BCUT2D eigenvalue weighted by atomic mass is 9.82.